The molecule has 31 heavy (non-hydrogen) atoms. The molecule has 2 aliphatic rings. The van der Waals surface area contributed by atoms with Crippen molar-refractivity contribution in [3.05, 3.63) is 33.8 Å². The highest BCUT2D eigenvalue weighted by Gasteiger charge is 2.35. The van der Waals surface area contributed by atoms with E-state index in [1.54, 1.807) is 34.9 Å². The summed E-state index contributed by atoms with van der Waals surface area (Å²) in [6.45, 7) is 4.29. The number of halogens is 2. The summed E-state index contributed by atoms with van der Waals surface area (Å²) in [7, 11) is -3.60. The smallest absolute Gasteiger partial charge is 0.409 e. The minimum Gasteiger partial charge on any atom is -0.450 e. The highest BCUT2D eigenvalue weighted by Crippen LogP contribution is 2.26. The molecule has 2 amide bonds. The van der Waals surface area contributed by atoms with Crippen molar-refractivity contribution in [3.8, 4) is 0 Å². The molecular weight excluding hydrogens is 465 g/mol. The van der Waals surface area contributed by atoms with Crippen molar-refractivity contribution in [3.63, 3.8) is 0 Å². The van der Waals surface area contributed by atoms with Crippen LogP contribution in [0.5, 0.6) is 0 Å². The van der Waals surface area contributed by atoms with Crippen LogP contribution < -0.4 is 0 Å². The van der Waals surface area contributed by atoms with Crippen LogP contribution in [-0.2, 0) is 25.3 Å². The fourth-order valence-corrected chi connectivity index (χ4v) is 5.83. The molecule has 0 aromatic heterocycles. The fourth-order valence-electron chi connectivity index (χ4n) is 3.91. The van der Waals surface area contributed by atoms with Crippen molar-refractivity contribution in [1.82, 2.24) is 14.1 Å². The maximum absolute atomic E-state index is 13.0. The maximum atomic E-state index is 13.0. The molecule has 2 heterocycles. The number of ether oxygens (including phenoxy) is 1. The molecule has 1 aromatic rings. The van der Waals surface area contributed by atoms with Gasteiger partial charge in [0.25, 0.3) is 0 Å². The summed E-state index contributed by atoms with van der Waals surface area (Å²) in [4.78, 5) is 28.1. The molecule has 2 aliphatic heterocycles. The van der Waals surface area contributed by atoms with E-state index in [4.69, 9.17) is 27.9 Å². The summed E-state index contributed by atoms with van der Waals surface area (Å²) >= 11 is 11.9. The molecule has 1 aromatic carbocycles. The second-order valence-electron chi connectivity index (χ2n) is 7.71. The van der Waals surface area contributed by atoms with E-state index >= 15 is 0 Å². The summed E-state index contributed by atoms with van der Waals surface area (Å²) in [5, 5.41) is 0.678. The Morgan fingerprint density at radius 2 is 1.74 bits per heavy atom. The van der Waals surface area contributed by atoms with Crippen LogP contribution in [0.25, 0.3) is 0 Å². The molecule has 2 saturated heterocycles. The lowest BCUT2D eigenvalue weighted by atomic mass is 9.98. The highest BCUT2D eigenvalue weighted by atomic mass is 35.5. The standard InChI is InChI=1S/C20H27Cl2N3O5S/c1-2-30-20(27)24-10-8-23(9-11-24)19(26)16-4-3-7-25(13-16)31(28,29)14-15-5-6-17(21)18(22)12-15/h5-6,12,16H,2-4,7-11,13-14H2,1H3/t16-/m1/s1. The summed E-state index contributed by atoms with van der Waals surface area (Å²) in [5.41, 5.74) is 0.554. The van der Waals surface area contributed by atoms with Gasteiger partial charge in [-0.25, -0.2) is 17.5 Å². The number of carbonyl (C=O) groups excluding carboxylic acids is 2. The number of carbonyl (C=O) groups is 2. The number of nitrogens with zero attached hydrogens (tertiary/aromatic N) is 3. The maximum Gasteiger partial charge on any atom is 0.409 e. The molecule has 172 valence electrons. The Hall–Kier alpha value is -1.55. The van der Waals surface area contributed by atoms with Crippen LogP contribution in [0.1, 0.15) is 25.3 Å². The zero-order chi connectivity index (χ0) is 22.6. The van der Waals surface area contributed by atoms with Crippen molar-refractivity contribution < 1.29 is 22.7 Å². The van der Waals surface area contributed by atoms with Gasteiger partial charge in [0.1, 0.15) is 0 Å². The molecular formula is C20H27Cl2N3O5S. The van der Waals surface area contributed by atoms with E-state index in [1.807, 2.05) is 0 Å². The van der Waals surface area contributed by atoms with E-state index in [2.05, 4.69) is 0 Å². The molecule has 0 radical (unpaired) electrons. The van der Waals surface area contributed by atoms with Crippen LogP contribution in [0.3, 0.4) is 0 Å². The van der Waals surface area contributed by atoms with Gasteiger partial charge in [-0.3, -0.25) is 4.79 Å². The molecule has 0 saturated carbocycles. The lowest BCUT2D eigenvalue weighted by molar-refractivity contribution is -0.138. The Balaban J connectivity index is 1.59. The minimum atomic E-state index is -3.60. The monoisotopic (exact) mass is 491 g/mol. The molecule has 0 unspecified atom stereocenters. The van der Waals surface area contributed by atoms with E-state index in [9.17, 15) is 18.0 Å². The summed E-state index contributed by atoms with van der Waals surface area (Å²) in [6.07, 6.45) is 0.905. The van der Waals surface area contributed by atoms with Gasteiger partial charge in [0.05, 0.1) is 28.3 Å². The third-order valence-corrected chi connectivity index (χ3v) is 8.13. The van der Waals surface area contributed by atoms with E-state index in [0.29, 0.717) is 67.8 Å². The van der Waals surface area contributed by atoms with Crippen LogP contribution in [0.4, 0.5) is 4.79 Å². The summed E-state index contributed by atoms with van der Waals surface area (Å²) < 4.78 is 32.3. The second-order valence-corrected chi connectivity index (χ2v) is 10.5. The molecule has 0 bridgehead atoms. The van der Waals surface area contributed by atoms with Crippen LogP contribution in [0, 0.1) is 5.92 Å². The predicted octanol–water partition coefficient (Wildman–Crippen LogP) is 2.84. The van der Waals surface area contributed by atoms with Gasteiger partial charge in [-0.15, -0.1) is 0 Å². The Morgan fingerprint density at radius 1 is 1.06 bits per heavy atom. The Labute approximate surface area is 193 Å². The van der Waals surface area contributed by atoms with Gasteiger partial charge < -0.3 is 14.5 Å². The van der Waals surface area contributed by atoms with Gasteiger partial charge in [-0.2, -0.15) is 0 Å². The largest absolute Gasteiger partial charge is 0.450 e. The van der Waals surface area contributed by atoms with Crippen molar-refractivity contribution in [1.29, 1.82) is 0 Å². The lowest BCUT2D eigenvalue weighted by Gasteiger charge is -2.38. The van der Waals surface area contributed by atoms with E-state index in [0.717, 1.165) is 0 Å². The number of amides is 2. The van der Waals surface area contributed by atoms with Gasteiger partial charge in [-0.1, -0.05) is 29.3 Å². The number of hydrogen-bond donors (Lipinski definition) is 0. The fraction of sp³-hybridized carbons (Fsp3) is 0.600. The Kier molecular flexibility index (Phi) is 8.07. The van der Waals surface area contributed by atoms with E-state index < -0.39 is 10.0 Å². The zero-order valence-electron chi connectivity index (χ0n) is 17.4. The van der Waals surface area contributed by atoms with Crippen LogP contribution in [0.15, 0.2) is 18.2 Å². The highest BCUT2D eigenvalue weighted by molar-refractivity contribution is 7.88. The van der Waals surface area contributed by atoms with Crippen LogP contribution in [0.2, 0.25) is 10.0 Å². The molecule has 8 nitrogen and oxygen atoms in total. The van der Waals surface area contributed by atoms with Crippen LogP contribution >= 0.6 is 23.2 Å². The van der Waals surface area contributed by atoms with Gasteiger partial charge in [0, 0.05) is 39.3 Å². The Morgan fingerprint density at radius 3 is 2.39 bits per heavy atom. The molecule has 0 aliphatic carbocycles. The number of rotatable bonds is 5. The molecule has 1 atom stereocenters. The first-order valence-electron chi connectivity index (χ1n) is 10.3. The lowest BCUT2D eigenvalue weighted by Crippen LogP contribution is -2.54. The third-order valence-electron chi connectivity index (χ3n) is 5.58. The van der Waals surface area contributed by atoms with Crippen LogP contribution in [-0.4, -0.2) is 80.4 Å². The molecule has 0 N–H and O–H groups in total. The molecule has 11 heteroatoms. The van der Waals surface area contributed by atoms with E-state index in [1.165, 1.54) is 4.31 Å². The van der Waals surface area contributed by atoms with E-state index in [-0.39, 0.29) is 30.2 Å². The van der Waals surface area contributed by atoms with Gasteiger partial charge in [-0.05, 0) is 37.5 Å². The topological polar surface area (TPSA) is 87.2 Å². The number of hydrogen-bond acceptors (Lipinski definition) is 5. The van der Waals surface area contributed by atoms with Gasteiger partial charge >= 0.3 is 6.09 Å². The van der Waals surface area contributed by atoms with Gasteiger partial charge in [0.15, 0.2) is 0 Å². The normalized spacial score (nSPS) is 20.5. The number of piperazine rings is 1. The first-order chi connectivity index (χ1) is 14.7. The Bertz CT molecular complexity index is 919. The zero-order valence-corrected chi connectivity index (χ0v) is 19.8. The van der Waals surface area contributed by atoms with Crippen molar-refractivity contribution >= 4 is 45.2 Å². The number of benzene rings is 1. The average Bonchev–Trinajstić information content (AvgIpc) is 2.76. The van der Waals surface area contributed by atoms with Crippen molar-refractivity contribution in [2.45, 2.75) is 25.5 Å². The first-order valence-corrected chi connectivity index (χ1v) is 12.7. The number of sulfonamides is 1. The average molecular weight is 492 g/mol. The summed E-state index contributed by atoms with van der Waals surface area (Å²) in [6, 6.07) is 4.77. The summed E-state index contributed by atoms with van der Waals surface area (Å²) in [5.74, 6) is -0.632. The van der Waals surface area contributed by atoms with Crippen molar-refractivity contribution in [2.24, 2.45) is 5.92 Å². The predicted molar refractivity (Wildman–Crippen MR) is 119 cm³/mol. The molecule has 2 fully saturated rings. The SMILES string of the molecule is CCOC(=O)N1CCN(C(=O)[C@@H]2CCCN(S(=O)(=O)Cc3ccc(Cl)c(Cl)c3)C2)CC1. The third kappa shape index (κ3) is 6.03. The van der Waals surface area contributed by atoms with Crippen molar-refractivity contribution in [2.75, 3.05) is 45.9 Å². The molecule has 0 spiro atoms. The quantitative estimate of drug-likeness (QED) is 0.631. The molecule has 3 rings (SSSR count). The number of piperidine rings is 1. The van der Waals surface area contributed by atoms with Gasteiger partial charge in [0.2, 0.25) is 15.9 Å². The first kappa shape index (κ1) is 24.1. The second kappa shape index (κ2) is 10.4. The minimum absolute atomic E-state index is 0.0575.